The van der Waals surface area contributed by atoms with Crippen molar-refractivity contribution in [2.24, 2.45) is 0 Å². The second-order valence-electron chi connectivity index (χ2n) is 8.03. The molecule has 0 fully saturated rings. The van der Waals surface area contributed by atoms with E-state index in [9.17, 15) is 10.2 Å². The number of ether oxygens (including phenoxy) is 4. The quantitative estimate of drug-likeness (QED) is 0.104. The summed E-state index contributed by atoms with van der Waals surface area (Å²) in [5, 5.41) is 24.1. The van der Waals surface area contributed by atoms with Gasteiger partial charge in [-0.3, -0.25) is 0 Å². The van der Waals surface area contributed by atoms with Crippen molar-refractivity contribution >= 4 is 66.7 Å². The Hall–Kier alpha value is -1.70. The topological polar surface area (TPSA) is 77.4 Å². The van der Waals surface area contributed by atoms with Crippen LogP contribution in [-0.4, -0.2) is 37.0 Å². The maximum absolute atomic E-state index is 10.1. The highest BCUT2D eigenvalue weighted by Crippen LogP contribution is 2.38. The van der Waals surface area contributed by atoms with Crippen molar-refractivity contribution in [3.63, 3.8) is 0 Å². The molecule has 0 unspecified atom stereocenters. The second-order valence-corrected chi connectivity index (χ2v) is 10.4. The average Bonchev–Trinajstić information content (AvgIpc) is 2.88. The summed E-state index contributed by atoms with van der Waals surface area (Å²) in [4.78, 5) is 0. The maximum atomic E-state index is 10.1. The summed E-state index contributed by atoms with van der Waals surface area (Å²) in [6.45, 7) is 5.00. The van der Waals surface area contributed by atoms with Gasteiger partial charge in [-0.1, -0.05) is 24.3 Å². The summed E-state index contributed by atoms with van der Waals surface area (Å²) < 4.78 is 24.1. The Labute approximate surface area is 237 Å². The molecule has 0 aliphatic rings. The molecule has 0 bridgehead atoms. The number of aliphatic hydroxyl groups is 2. The van der Waals surface area contributed by atoms with Crippen LogP contribution < -0.4 is 9.47 Å². The number of rotatable bonds is 11. The molecule has 6 nitrogen and oxygen atoms in total. The Kier molecular flexibility index (Phi) is 9.65. The summed E-state index contributed by atoms with van der Waals surface area (Å²) in [5.74, 6) is 1.32. The summed E-state index contributed by atoms with van der Waals surface area (Å²) in [6, 6.07) is 16.5. The van der Waals surface area contributed by atoms with Gasteiger partial charge in [0.15, 0.2) is 13.6 Å². The SMILES string of the molecule is CCOCOc1c(I)cc2cc(-c3ccc4c(CO)c(OCOCC)c(I)cc4c3)ccc2c1CO. The summed E-state index contributed by atoms with van der Waals surface area (Å²) in [6.07, 6.45) is 0. The normalized spacial score (nSPS) is 11.4. The molecule has 0 aliphatic carbocycles. The molecule has 0 saturated carbocycles. The van der Waals surface area contributed by atoms with Crippen LogP contribution >= 0.6 is 45.2 Å². The third-order valence-corrected chi connectivity index (χ3v) is 7.53. The third-order valence-electron chi connectivity index (χ3n) is 5.93. The van der Waals surface area contributed by atoms with E-state index < -0.39 is 0 Å². The lowest BCUT2D eigenvalue weighted by molar-refractivity contribution is 0.0205. The molecule has 4 rings (SSSR count). The Morgan fingerprint density at radius 3 is 1.42 bits per heavy atom. The van der Waals surface area contributed by atoms with Crippen molar-refractivity contribution in [1.29, 1.82) is 0 Å². The van der Waals surface area contributed by atoms with Crippen LogP contribution in [0, 0.1) is 7.14 Å². The third kappa shape index (κ3) is 5.73. The van der Waals surface area contributed by atoms with E-state index in [1.165, 1.54) is 0 Å². The predicted octanol–water partition coefficient (Wildman–Crippen LogP) is 6.60. The molecule has 0 atom stereocenters. The fraction of sp³-hybridized carbons (Fsp3) is 0.286. The Bertz CT molecular complexity index is 1270. The van der Waals surface area contributed by atoms with Crippen molar-refractivity contribution in [2.75, 3.05) is 26.8 Å². The summed E-state index contributed by atoms with van der Waals surface area (Å²) in [7, 11) is 0. The zero-order valence-electron chi connectivity index (χ0n) is 20.1. The van der Waals surface area contributed by atoms with Gasteiger partial charge < -0.3 is 29.2 Å². The first kappa shape index (κ1) is 27.3. The molecule has 0 aromatic heterocycles. The summed E-state index contributed by atoms with van der Waals surface area (Å²) >= 11 is 4.47. The molecule has 0 heterocycles. The highest BCUT2D eigenvalue weighted by atomic mass is 127. The molecule has 2 N–H and O–H groups in total. The maximum Gasteiger partial charge on any atom is 0.189 e. The highest BCUT2D eigenvalue weighted by molar-refractivity contribution is 14.1. The number of aliphatic hydroxyl groups excluding tert-OH is 2. The monoisotopic (exact) mass is 714 g/mol. The van der Waals surface area contributed by atoms with Crippen LogP contribution in [0.5, 0.6) is 11.5 Å². The van der Waals surface area contributed by atoms with E-state index in [1.807, 2.05) is 26.0 Å². The molecular weight excluding hydrogens is 686 g/mol. The molecule has 4 aromatic carbocycles. The van der Waals surface area contributed by atoms with Crippen molar-refractivity contribution in [3.8, 4) is 22.6 Å². The molecular formula is C28H28I2O6. The number of benzene rings is 4. The number of halogens is 2. The van der Waals surface area contributed by atoms with E-state index in [1.54, 1.807) is 0 Å². The molecule has 0 spiro atoms. The molecule has 190 valence electrons. The fourth-order valence-corrected chi connectivity index (χ4v) is 5.84. The average molecular weight is 714 g/mol. The zero-order valence-corrected chi connectivity index (χ0v) is 24.5. The molecule has 0 saturated heterocycles. The molecule has 4 aromatic rings. The molecule has 0 aliphatic heterocycles. The van der Waals surface area contributed by atoms with E-state index in [0.29, 0.717) is 24.7 Å². The highest BCUT2D eigenvalue weighted by Gasteiger charge is 2.16. The van der Waals surface area contributed by atoms with Crippen LogP contribution in [0.3, 0.4) is 0 Å². The van der Waals surface area contributed by atoms with Gasteiger partial charge in [-0.2, -0.15) is 0 Å². The van der Waals surface area contributed by atoms with Gasteiger partial charge in [0.2, 0.25) is 0 Å². The smallest absolute Gasteiger partial charge is 0.189 e. The van der Waals surface area contributed by atoms with Crippen molar-refractivity contribution in [2.45, 2.75) is 27.1 Å². The minimum atomic E-state index is -0.125. The van der Waals surface area contributed by atoms with Gasteiger partial charge in [-0.15, -0.1) is 0 Å². The zero-order chi connectivity index (χ0) is 25.7. The van der Waals surface area contributed by atoms with Crippen LogP contribution in [0.2, 0.25) is 0 Å². The first-order valence-electron chi connectivity index (χ1n) is 11.7. The lowest BCUT2D eigenvalue weighted by Gasteiger charge is -2.17. The van der Waals surface area contributed by atoms with Crippen LogP contribution in [0.1, 0.15) is 25.0 Å². The first-order chi connectivity index (χ1) is 17.5. The van der Waals surface area contributed by atoms with Crippen LogP contribution in [-0.2, 0) is 22.7 Å². The van der Waals surface area contributed by atoms with Gasteiger partial charge in [0.25, 0.3) is 0 Å². The van der Waals surface area contributed by atoms with E-state index in [-0.39, 0.29) is 26.8 Å². The number of hydrogen-bond donors (Lipinski definition) is 2. The van der Waals surface area contributed by atoms with E-state index in [4.69, 9.17) is 18.9 Å². The minimum absolute atomic E-state index is 0.125. The van der Waals surface area contributed by atoms with Crippen LogP contribution in [0.25, 0.3) is 32.7 Å². The van der Waals surface area contributed by atoms with Gasteiger partial charge in [-0.05, 0) is 116 Å². The summed E-state index contributed by atoms with van der Waals surface area (Å²) in [5.41, 5.74) is 3.63. The Morgan fingerprint density at radius 2 is 1.06 bits per heavy atom. The van der Waals surface area contributed by atoms with Crippen LogP contribution in [0.4, 0.5) is 0 Å². The van der Waals surface area contributed by atoms with Gasteiger partial charge in [0, 0.05) is 24.3 Å². The first-order valence-corrected chi connectivity index (χ1v) is 13.8. The van der Waals surface area contributed by atoms with Crippen molar-refractivity contribution in [3.05, 3.63) is 66.8 Å². The fourth-order valence-electron chi connectivity index (χ4n) is 4.20. The van der Waals surface area contributed by atoms with E-state index >= 15 is 0 Å². The molecule has 0 radical (unpaired) electrons. The van der Waals surface area contributed by atoms with Gasteiger partial charge >= 0.3 is 0 Å². The number of hydrogen-bond acceptors (Lipinski definition) is 6. The van der Waals surface area contributed by atoms with Crippen LogP contribution in [0.15, 0.2) is 48.5 Å². The Balaban J connectivity index is 1.74. The largest absolute Gasteiger partial charge is 0.466 e. The second kappa shape index (κ2) is 12.7. The van der Waals surface area contributed by atoms with Crippen molar-refractivity contribution in [1.82, 2.24) is 0 Å². The van der Waals surface area contributed by atoms with E-state index in [2.05, 4.69) is 81.6 Å². The lowest BCUT2D eigenvalue weighted by atomic mass is 9.95. The Morgan fingerprint density at radius 1 is 0.639 bits per heavy atom. The van der Waals surface area contributed by atoms with Crippen molar-refractivity contribution < 1.29 is 29.2 Å². The van der Waals surface area contributed by atoms with Gasteiger partial charge in [0.05, 0.1) is 20.4 Å². The molecule has 36 heavy (non-hydrogen) atoms. The lowest BCUT2D eigenvalue weighted by Crippen LogP contribution is -2.06. The molecule has 8 heteroatoms. The van der Waals surface area contributed by atoms with E-state index in [0.717, 1.165) is 50.9 Å². The number of fused-ring (bicyclic) bond motifs is 2. The van der Waals surface area contributed by atoms with Gasteiger partial charge in [0.1, 0.15) is 11.5 Å². The van der Waals surface area contributed by atoms with Gasteiger partial charge in [-0.25, -0.2) is 0 Å². The standard InChI is InChI=1S/C28H28I2O6/c1-3-33-15-35-27-23(13-31)21-7-5-17(9-19(21)11-25(27)29)18-6-8-22-20(10-18)12-26(30)28(24(22)14-32)36-16-34-4-2/h5-12,31-32H,3-4,13-16H2,1-2H3. The predicted molar refractivity (Wildman–Crippen MR) is 158 cm³/mol. The molecule has 0 amide bonds. The minimum Gasteiger partial charge on any atom is -0.466 e.